The third-order valence-corrected chi connectivity index (χ3v) is 5.05. The SMILES string of the molecule is COc1ccc(OCC(=O)N2CCCSC2=NCc2ccccc2)cc1. The fourth-order valence-corrected chi connectivity index (χ4v) is 3.52. The van der Waals surface area contributed by atoms with Gasteiger partial charge < -0.3 is 9.47 Å². The van der Waals surface area contributed by atoms with Gasteiger partial charge in [0.05, 0.1) is 13.7 Å². The van der Waals surface area contributed by atoms with Crippen LogP contribution in [0.5, 0.6) is 11.5 Å². The second-order valence-electron chi connectivity index (χ2n) is 5.80. The van der Waals surface area contributed by atoms with Gasteiger partial charge in [-0.2, -0.15) is 0 Å². The first-order valence-electron chi connectivity index (χ1n) is 8.54. The van der Waals surface area contributed by atoms with Crippen molar-refractivity contribution in [2.45, 2.75) is 13.0 Å². The Kier molecular flexibility index (Phi) is 6.55. The van der Waals surface area contributed by atoms with E-state index < -0.39 is 0 Å². The second-order valence-corrected chi connectivity index (χ2v) is 6.86. The molecule has 0 radical (unpaired) electrons. The highest BCUT2D eigenvalue weighted by atomic mass is 32.2. The van der Waals surface area contributed by atoms with Gasteiger partial charge in [0.15, 0.2) is 11.8 Å². The van der Waals surface area contributed by atoms with Crippen LogP contribution in [0.25, 0.3) is 0 Å². The number of methoxy groups -OCH3 is 1. The molecule has 0 unspecified atom stereocenters. The number of hydrogen-bond acceptors (Lipinski definition) is 5. The van der Waals surface area contributed by atoms with Gasteiger partial charge in [-0.1, -0.05) is 42.1 Å². The van der Waals surface area contributed by atoms with Crippen LogP contribution in [0.15, 0.2) is 59.6 Å². The lowest BCUT2D eigenvalue weighted by atomic mass is 10.2. The van der Waals surface area contributed by atoms with Crippen LogP contribution in [0.4, 0.5) is 0 Å². The molecule has 1 amide bonds. The number of nitrogens with zero attached hydrogens (tertiary/aromatic N) is 2. The van der Waals surface area contributed by atoms with E-state index in [9.17, 15) is 4.79 Å². The normalized spacial score (nSPS) is 15.7. The van der Waals surface area contributed by atoms with Crippen molar-refractivity contribution in [3.63, 3.8) is 0 Å². The van der Waals surface area contributed by atoms with Crippen LogP contribution in [-0.4, -0.2) is 42.0 Å². The van der Waals surface area contributed by atoms with E-state index in [1.807, 2.05) is 42.5 Å². The number of thioether (sulfide) groups is 1. The summed E-state index contributed by atoms with van der Waals surface area (Å²) in [5, 5.41) is 0.781. The molecule has 0 spiro atoms. The number of carbonyl (C=O) groups is 1. The Morgan fingerprint density at radius 1 is 1.12 bits per heavy atom. The quantitative estimate of drug-likeness (QED) is 0.780. The third kappa shape index (κ3) is 5.02. The first kappa shape index (κ1) is 18.3. The summed E-state index contributed by atoms with van der Waals surface area (Å²) in [6.07, 6.45) is 0.962. The molecule has 2 aromatic rings. The maximum absolute atomic E-state index is 12.6. The monoisotopic (exact) mass is 370 g/mol. The first-order chi connectivity index (χ1) is 12.8. The molecule has 3 rings (SSSR count). The zero-order valence-electron chi connectivity index (χ0n) is 14.8. The highest BCUT2D eigenvalue weighted by Gasteiger charge is 2.23. The topological polar surface area (TPSA) is 51.1 Å². The van der Waals surface area contributed by atoms with E-state index in [1.54, 1.807) is 35.9 Å². The minimum absolute atomic E-state index is 0.00273. The Bertz CT molecular complexity index is 747. The molecule has 1 fully saturated rings. The average Bonchev–Trinajstić information content (AvgIpc) is 2.72. The van der Waals surface area contributed by atoms with Crippen LogP contribution >= 0.6 is 11.8 Å². The fraction of sp³-hybridized carbons (Fsp3) is 0.300. The van der Waals surface area contributed by atoms with Crippen molar-refractivity contribution >= 4 is 22.8 Å². The van der Waals surface area contributed by atoms with Crippen LogP contribution < -0.4 is 9.47 Å². The number of rotatable bonds is 6. The van der Waals surface area contributed by atoms with E-state index in [1.165, 1.54) is 0 Å². The molecule has 0 aliphatic carbocycles. The first-order valence-corrected chi connectivity index (χ1v) is 9.53. The highest BCUT2D eigenvalue weighted by Crippen LogP contribution is 2.20. The van der Waals surface area contributed by atoms with E-state index in [-0.39, 0.29) is 12.5 Å². The predicted molar refractivity (Wildman–Crippen MR) is 105 cm³/mol. The number of carbonyl (C=O) groups excluding carboxylic acids is 1. The Hall–Kier alpha value is -2.47. The zero-order chi connectivity index (χ0) is 18.2. The molecule has 1 heterocycles. The molecule has 26 heavy (non-hydrogen) atoms. The van der Waals surface area contributed by atoms with Gasteiger partial charge in [0.2, 0.25) is 0 Å². The minimum atomic E-state index is -0.0696. The molecule has 1 aliphatic rings. The number of hydrogen-bond donors (Lipinski definition) is 0. The van der Waals surface area contributed by atoms with Gasteiger partial charge in [0, 0.05) is 12.3 Å². The summed E-state index contributed by atoms with van der Waals surface area (Å²) in [6.45, 7) is 1.26. The van der Waals surface area contributed by atoms with Crippen molar-refractivity contribution in [1.29, 1.82) is 0 Å². The molecule has 0 bridgehead atoms. The van der Waals surface area contributed by atoms with E-state index >= 15 is 0 Å². The maximum atomic E-state index is 12.6. The van der Waals surface area contributed by atoms with Crippen LogP contribution in [0.2, 0.25) is 0 Å². The average molecular weight is 370 g/mol. The molecule has 0 atom stereocenters. The molecule has 6 heteroatoms. The van der Waals surface area contributed by atoms with Gasteiger partial charge in [0.1, 0.15) is 11.5 Å². The predicted octanol–water partition coefficient (Wildman–Crippen LogP) is 3.60. The largest absolute Gasteiger partial charge is 0.497 e. The summed E-state index contributed by atoms with van der Waals surface area (Å²) >= 11 is 1.63. The van der Waals surface area contributed by atoms with Crippen molar-refractivity contribution in [1.82, 2.24) is 4.90 Å². The third-order valence-electron chi connectivity index (χ3n) is 3.95. The van der Waals surface area contributed by atoms with Crippen molar-refractivity contribution < 1.29 is 14.3 Å². The summed E-state index contributed by atoms with van der Waals surface area (Å²) in [5.74, 6) is 2.31. The lowest BCUT2D eigenvalue weighted by molar-refractivity contribution is -0.129. The summed E-state index contributed by atoms with van der Waals surface area (Å²) in [6, 6.07) is 17.3. The van der Waals surface area contributed by atoms with E-state index in [0.717, 1.165) is 28.7 Å². The Morgan fingerprint density at radius 2 is 1.85 bits per heavy atom. The number of aliphatic imine (C=N–C) groups is 1. The zero-order valence-corrected chi connectivity index (χ0v) is 15.6. The lowest BCUT2D eigenvalue weighted by Crippen LogP contribution is -2.42. The molecular formula is C20H22N2O3S. The molecule has 2 aromatic carbocycles. The number of ether oxygens (including phenoxy) is 2. The maximum Gasteiger partial charge on any atom is 0.266 e. The fourth-order valence-electron chi connectivity index (χ4n) is 2.56. The summed E-state index contributed by atoms with van der Waals surface area (Å²) < 4.78 is 10.7. The Labute approximate surface area is 158 Å². The molecule has 1 saturated heterocycles. The minimum Gasteiger partial charge on any atom is -0.497 e. The molecule has 1 aliphatic heterocycles. The van der Waals surface area contributed by atoms with Crippen LogP contribution in [0.3, 0.4) is 0 Å². The molecule has 0 aromatic heterocycles. The van der Waals surface area contributed by atoms with Crippen molar-refractivity contribution in [3.05, 3.63) is 60.2 Å². The van der Waals surface area contributed by atoms with Gasteiger partial charge in [0.25, 0.3) is 5.91 Å². The van der Waals surface area contributed by atoms with Crippen molar-refractivity contribution in [3.8, 4) is 11.5 Å². The summed E-state index contributed by atoms with van der Waals surface area (Å²) in [5.41, 5.74) is 1.13. The lowest BCUT2D eigenvalue weighted by Gasteiger charge is -2.27. The van der Waals surface area contributed by atoms with E-state index in [2.05, 4.69) is 4.99 Å². The molecule has 136 valence electrons. The Balaban J connectivity index is 1.59. The smallest absolute Gasteiger partial charge is 0.266 e. The van der Waals surface area contributed by atoms with Gasteiger partial charge in [-0.25, -0.2) is 0 Å². The summed E-state index contributed by atoms with van der Waals surface area (Å²) in [7, 11) is 1.61. The second kappa shape index (κ2) is 9.29. The van der Waals surface area contributed by atoms with E-state index in [4.69, 9.17) is 9.47 Å². The van der Waals surface area contributed by atoms with Gasteiger partial charge in [-0.05, 0) is 36.2 Å². The van der Waals surface area contributed by atoms with Crippen LogP contribution in [0, 0.1) is 0 Å². The summed E-state index contributed by atoms with van der Waals surface area (Å²) in [4.78, 5) is 19.0. The van der Waals surface area contributed by atoms with E-state index in [0.29, 0.717) is 18.8 Å². The molecular weight excluding hydrogens is 348 g/mol. The molecule has 5 nitrogen and oxygen atoms in total. The molecule has 0 N–H and O–H groups in total. The van der Waals surface area contributed by atoms with Gasteiger partial charge in [-0.15, -0.1) is 0 Å². The number of amides is 1. The van der Waals surface area contributed by atoms with Crippen LogP contribution in [0.1, 0.15) is 12.0 Å². The van der Waals surface area contributed by atoms with Crippen molar-refractivity contribution in [2.24, 2.45) is 4.99 Å². The van der Waals surface area contributed by atoms with Crippen LogP contribution in [-0.2, 0) is 11.3 Å². The number of amidine groups is 1. The van der Waals surface area contributed by atoms with Gasteiger partial charge >= 0.3 is 0 Å². The highest BCUT2D eigenvalue weighted by molar-refractivity contribution is 8.13. The Morgan fingerprint density at radius 3 is 2.58 bits per heavy atom. The van der Waals surface area contributed by atoms with Gasteiger partial charge in [-0.3, -0.25) is 14.7 Å². The molecule has 0 saturated carbocycles. The standard InChI is InChI=1S/C20H22N2O3S/c1-24-17-8-10-18(11-9-17)25-15-19(23)22-12-5-13-26-20(22)21-14-16-6-3-2-4-7-16/h2-4,6-11H,5,12-15H2,1H3. The number of benzene rings is 2. The van der Waals surface area contributed by atoms with Crippen molar-refractivity contribution in [2.75, 3.05) is 26.0 Å².